The molecule has 1 N–H and O–H groups in total. The maximum atomic E-state index is 12.2. The van der Waals surface area contributed by atoms with Crippen molar-refractivity contribution in [2.75, 3.05) is 0 Å². The lowest BCUT2D eigenvalue weighted by Crippen LogP contribution is -2.24. The van der Waals surface area contributed by atoms with E-state index < -0.39 is 0 Å². The minimum Gasteiger partial charge on any atom is -0.352 e. The smallest absolute Gasteiger partial charge is 0.227 e. The van der Waals surface area contributed by atoms with E-state index in [1.807, 2.05) is 29.6 Å². The second kappa shape index (κ2) is 7.87. The summed E-state index contributed by atoms with van der Waals surface area (Å²) in [5, 5.41) is 12.8. The number of thiophene rings is 1. The van der Waals surface area contributed by atoms with Crippen molar-refractivity contribution < 1.29 is 9.32 Å². The molecule has 0 aliphatic carbocycles. The molecule has 136 valence electrons. The van der Waals surface area contributed by atoms with Crippen molar-refractivity contribution in [1.29, 1.82) is 0 Å². The minimum absolute atomic E-state index is 0.112. The second-order valence-electron chi connectivity index (χ2n) is 5.59. The molecule has 1 amide bonds. The zero-order chi connectivity index (χ0) is 18.5. The van der Waals surface area contributed by atoms with E-state index in [1.165, 1.54) is 17.7 Å². The van der Waals surface area contributed by atoms with Crippen LogP contribution in [0, 0.1) is 0 Å². The Balaban J connectivity index is 1.32. The Morgan fingerprint density at radius 3 is 3.07 bits per heavy atom. The molecule has 27 heavy (non-hydrogen) atoms. The highest BCUT2D eigenvalue weighted by molar-refractivity contribution is 7.13. The van der Waals surface area contributed by atoms with E-state index in [9.17, 15) is 4.79 Å². The minimum atomic E-state index is -0.112. The first-order valence-corrected chi connectivity index (χ1v) is 9.09. The number of carbonyl (C=O) groups is 1. The first kappa shape index (κ1) is 17.0. The van der Waals surface area contributed by atoms with E-state index >= 15 is 0 Å². The van der Waals surface area contributed by atoms with Crippen molar-refractivity contribution in [2.45, 2.75) is 19.4 Å². The van der Waals surface area contributed by atoms with Gasteiger partial charge >= 0.3 is 0 Å². The van der Waals surface area contributed by atoms with Gasteiger partial charge in [-0.2, -0.15) is 10.1 Å². The molecule has 0 aliphatic heterocycles. The Labute approximate surface area is 158 Å². The van der Waals surface area contributed by atoms with E-state index in [-0.39, 0.29) is 12.3 Å². The molecule has 0 atom stereocenters. The third kappa shape index (κ3) is 4.06. The predicted octanol–water partition coefficient (Wildman–Crippen LogP) is 2.02. The average molecular weight is 381 g/mol. The van der Waals surface area contributed by atoms with Crippen molar-refractivity contribution in [3.8, 4) is 16.5 Å². The fourth-order valence-corrected chi connectivity index (χ4v) is 3.11. The fraction of sp³-hybridized carbons (Fsp3) is 0.176. The Hall–Kier alpha value is -3.40. The number of rotatable bonds is 7. The van der Waals surface area contributed by atoms with Crippen molar-refractivity contribution in [1.82, 2.24) is 35.2 Å². The summed E-state index contributed by atoms with van der Waals surface area (Å²) in [6.45, 7) is 0.339. The summed E-state index contributed by atoms with van der Waals surface area (Å²) in [6, 6.07) is 7.55. The Bertz CT molecular complexity index is 1010. The largest absolute Gasteiger partial charge is 0.352 e. The number of hydrogen-bond acceptors (Lipinski definition) is 8. The highest BCUT2D eigenvalue weighted by atomic mass is 32.1. The quantitative estimate of drug-likeness (QED) is 0.521. The number of nitrogens with zero attached hydrogens (tertiary/aromatic N) is 6. The summed E-state index contributed by atoms with van der Waals surface area (Å²) >= 11 is 1.54. The third-order valence-electron chi connectivity index (χ3n) is 3.75. The Morgan fingerprint density at radius 1 is 1.30 bits per heavy atom. The van der Waals surface area contributed by atoms with Gasteiger partial charge in [0, 0.05) is 31.1 Å². The zero-order valence-corrected chi connectivity index (χ0v) is 15.0. The van der Waals surface area contributed by atoms with Crippen LogP contribution in [0.3, 0.4) is 0 Å². The lowest BCUT2D eigenvalue weighted by Gasteiger charge is -2.08. The van der Waals surface area contributed by atoms with E-state index in [0.717, 1.165) is 10.4 Å². The van der Waals surface area contributed by atoms with Crippen LogP contribution in [0.25, 0.3) is 16.5 Å². The summed E-state index contributed by atoms with van der Waals surface area (Å²) < 4.78 is 6.77. The molecule has 0 saturated carbocycles. The molecule has 0 aliphatic rings. The predicted molar refractivity (Wildman–Crippen MR) is 96.9 cm³/mol. The third-order valence-corrected chi connectivity index (χ3v) is 4.62. The number of nitrogens with one attached hydrogen (secondary N) is 1. The van der Waals surface area contributed by atoms with Gasteiger partial charge in [0.05, 0.1) is 4.88 Å². The van der Waals surface area contributed by atoms with E-state index in [0.29, 0.717) is 30.5 Å². The molecule has 9 nitrogen and oxygen atoms in total. The molecule has 4 aromatic heterocycles. The number of pyridine rings is 1. The van der Waals surface area contributed by atoms with Gasteiger partial charge in [-0.05, 0) is 17.5 Å². The number of amides is 1. The van der Waals surface area contributed by atoms with Crippen LogP contribution in [0.4, 0.5) is 0 Å². The van der Waals surface area contributed by atoms with Crippen LogP contribution >= 0.6 is 11.3 Å². The zero-order valence-electron chi connectivity index (χ0n) is 14.1. The van der Waals surface area contributed by atoms with Crippen molar-refractivity contribution in [3.05, 3.63) is 60.0 Å². The lowest BCUT2D eigenvalue weighted by molar-refractivity contribution is -0.121. The highest BCUT2D eigenvalue weighted by Crippen LogP contribution is 2.21. The summed E-state index contributed by atoms with van der Waals surface area (Å²) in [6.07, 6.45) is 5.31. The lowest BCUT2D eigenvalue weighted by atomic mass is 10.2. The van der Waals surface area contributed by atoms with Gasteiger partial charge < -0.3 is 9.84 Å². The standard InChI is InChI=1S/C17H15N7O2S/c25-14(5-6-15-22-16(23-26-15)13-4-2-8-27-13)20-9-12-3-1-7-19-17(12)24-11-18-10-21-24/h1-4,7-8,10-11H,5-6,9H2,(H,20,25). The molecular formula is C17H15N7O2S. The van der Waals surface area contributed by atoms with E-state index in [1.54, 1.807) is 17.2 Å². The SMILES string of the molecule is O=C(CCc1nc(-c2cccs2)no1)NCc1cccnc1-n1cncn1. The fourth-order valence-electron chi connectivity index (χ4n) is 2.46. The van der Waals surface area contributed by atoms with Gasteiger partial charge in [0.1, 0.15) is 12.7 Å². The van der Waals surface area contributed by atoms with Crippen LogP contribution < -0.4 is 5.32 Å². The van der Waals surface area contributed by atoms with E-state index in [4.69, 9.17) is 4.52 Å². The summed E-state index contributed by atoms with van der Waals surface area (Å²) in [5.74, 6) is 1.51. The van der Waals surface area contributed by atoms with Gasteiger partial charge in [0.15, 0.2) is 5.82 Å². The van der Waals surface area contributed by atoms with Crippen LogP contribution in [-0.2, 0) is 17.8 Å². The van der Waals surface area contributed by atoms with E-state index in [2.05, 4.69) is 30.5 Å². The summed E-state index contributed by atoms with van der Waals surface area (Å²) in [5.41, 5.74) is 0.842. The maximum absolute atomic E-state index is 12.2. The summed E-state index contributed by atoms with van der Waals surface area (Å²) in [4.78, 5) is 25.6. The Morgan fingerprint density at radius 2 is 2.26 bits per heavy atom. The molecule has 0 bridgehead atoms. The monoisotopic (exact) mass is 381 g/mol. The van der Waals surface area contributed by atoms with Crippen LogP contribution in [0.1, 0.15) is 17.9 Å². The number of hydrogen-bond donors (Lipinski definition) is 1. The number of aromatic nitrogens is 6. The van der Waals surface area contributed by atoms with Crippen LogP contribution in [0.2, 0.25) is 0 Å². The van der Waals surface area contributed by atoms with Gasteiger partial charge in [-0.25, -0.2) is 14.6 Å². The average Bonchev–Trinajstić information content (AvgIpc) is 3.46. The molecule has 4 heterocycles. The molecule has 0 radical (unpaired) electrons. The first-order valence-electron chi connectivity index (χ1n) is 8.21. The van der Waals surface area contributed by atoms with Crippen LogP contribution in [-0.4, -0.2) is 35.8 Å². The molecule has 0 saturated heterocycles. The molecule has 0 fully saturated rings. The van der Waals surface area contributed by atoms with Crippen molar-refractivity contribution in [3.63, 3.8) is 0 Å². The number of aryl methyl sites for hydroxylation is 1. The van der Waals surface area contributed by atoms with Gasteiger partial charge in [-0.3, -0.25) is 4.79 Å². The van der Waals surface area contributed by atoms with Gasteiger partial charge in [0.25, 0.3) is 0 Å². The maximum Gasteiger partial charge on any atom is 0.227 e. The van der Waals surface area contributed by atoms with Gasteiger partial charge in [-0.1, -0.05) is 17.3 Å². The molecule has 0 aromatic carbocycles. The van der Waals surface area contributed by atoms with Crippen LogP contribution in [0.15, 0.2) is 53.0 Å². The molecular weight excluding hydrogens is 366 g/mol. The first-order chi connectivity index (χ1) is 13.3. The normalized spacial score (nSPS) is 10.8. The van der Waals surface area contributed by atoms with Crippen molar-refractivity contribution >= 4 is 17.2 Å². The van der Waals surface area contributed by atoms with Gasteiger partial charge in [0.2, 0.25) is 17.6 Å². The molecule has 4 aromatic rings. The molecule has 4 rings (SSSR count). The van der Waals surface area contributed by atoms with Crippen LogP contribution in [0.5, 0.6) is 0 Å². The highest BCUT2D eigenvalue weighted by Gasteiger charge is 2.12. The van der Waals surface area contributed by atoms with Gasteiger partial charge in [-0.15, -0.1) is 11.3 Å². The molecule has 10 heteroatoms. The topological polar surface area (TPSA) is 112 Å². The van der Waals surface area contributed by atoms with Crippen molar-refractivity contribution in [2.24, 2.45) is 0 Å². The molecule has 0 unspecified atom stereocenters. The molecule has 0 spiro atoms. The number of carbonyl (C=O) groups excluding carboxylic acids is 1. The Kier molecular flexibility index (Phi) is 4.97. The second-order valence-corrected chi connectivity index (χ2v) is 6.54. The summed E-state index contributed by atoms with van der Waals surface area (Å²) in [7, 11) is 0.